The lowest BCUT2D eigenvalue weighted by Crippen LogP contribution is -2.23. The fourth-order valence-electron chi connectivity index (χ4n) is 1.46. The summed E-state index contributed by atoms with van der Waals surface area (Å²) in [5.74, 6) is 0. The van der Waals surface area contributed by atoms with Crippen molar-refractivity contribution in [3.8, 4) is 0 Å². The van der Waals surface area contributed by atoms with Crippen LogP contribution in [-0.4, -0.2) is 8.07 Å². The van der Waals surface area contributed by atoms with Gasteiger partial charge in [-0.25, -0.2) is 0 Å². The van der Waals surface area contributed by atoms with Crippen molar-refractivity contribution < 1.29 is 0 Å². The van der Waals surface area contributed by atoms with Crippen LogP contribution in [0.25, 0.3) is 0 Å². The Bertz CT molecular complexity index is 76.8. The summed E-state index contributed by atoms with van der Waals surface area (Å²) >= 11 is 0. The highest BCUT2D eigenvalue weighted by molar-refractivity contribution is 6.77. The quantitative estimate of drug-likeness (QED) is 0.532. The first kappa shape index (κ1) is 10.2. The summed E-state index contributed by atoms with van der Waals surface area (Å²) in [7, 11) is -0.724. The van der Waals surface area contributed by atoms with Crippen molar-refractivity contribution >= 4 is 8.07 Å². The number of unbranched alkanes of at least 4 members (excludes halogenated alkanes) is 1. The zero-order valence-electron chi connectivity index (χ0n) is 8.04. The molecule has 0 aromatic rings. The molecule has 0 atom stereocenters. The van der Waals surface area contributed by atoms with Gasteiger partial charge in [0.25, 0.3) is 0 Å². The van der Waals surface area contributed by atoms with Crippen molar-refractivity contribution in [2.45, 2.75) is 58.3 Å². The molecule has 0 aliphatic rings. The molecule has 0 aliphatic carbocycles. The fraction of sp³-hybridized carbons (Fsp3) is 1.00. The van der Waals surface area contributed by atoms with Crippen molar-refractivity contribution in [1.29, 1.82) is 0 Å². The lowest BCUT2D eigenvalue weighted by molar-refractivity contribution is 0.857. The third-order valence-corrected chi connectivity index (χ3v) is 5.69. The first-order chi connectivity index (χ1) is 4.62. The molecule has 0 aromatic carbocycles. The lowest BCUT2D eigenvalue weighted by Gasteiger charge is -2.20. The van der Waals surface area contributed by atoms with E-state index in [0.29, 0.717) is 0 Å². The highest BCUT2D eigenvalue weighted by Crippen LogP contribution is 2.19. The maximum atomic E-state index is 2.52. The molecule has 0 aliphatic heterocycles. The monoisotopic (exact) mass is 158 g/mol. The van der Waals surface area contributed by atoms with Crippen LogP contribution >= 0.6 is 0 Å². The molecule has 0 saturated carbocycles. The molecule has 1 heteroatoms. The standard InChI is InChI=1S/C9H22Si/c1-5-7-9-10(3,4)8-6-2/h5-9H2,1-4H3. The minimum absolute atomic E-state index is 0.724. The van der Waals surface area contributed by atoms with Gasteiger partial charge < -0.3 is 0 Å². The van der Waals surface area contributed by atoms with E-state index < -0.39 is 8.07 Å². The van der Waals surface area contributed by atoms with Crippen molar-refractivity contribution in [2.75, 3.05) is 0 Å². The Morgan fingerprint density at radius 2 is 1.50 bits per heavy atom. The highest BCUT2D eigenvalue weighted by atomic mass is 28.3. The molecular weight excluding hydrogens is 136 g/mol. The van der Waals surface area contributed by atoms with Crippen LogP contribution in [0, 0.1) is 0 Å². The van der Waals surface area contributed by atoms with Gasteiger partial charge in [-0.15, -0.1) is 0 Å². The van der Waals surface area contributed by atoms with E-state index in [1.165, 1.54) is 31.4 Å². The Morgan fingerprint density at radius 3 is 1.90 bits per heavy atom. The number of hydrogen-bond acceptors (Lipinski definition) is 0. The van der Waals surface area contributed by atoms with Crippen molar-refractivity contribution in [2.24, 2.45) is 0 Å². The van der Waals surface area contributed by atoms with E-state index in [1.807, 2.05) is 0 Å². The van der Waals surface area contributed by atoms with Crippen molar-refractivity contribution in [3.63, 3.8) is 0 Å². The third kappa shape index (κ3) is 5.04. The second-order valence-corrected chi connectivity index (χ2v) is 9.35. The van der Waals surface area contributed by atoms with Crippen LogP contribution in [0.4, 0.5) is 0 Å². The Labute approximate surface area is 67.0 Å². The first-order valence-corrected chi connectivity index (χ1v) is 8.04. The van der Waals surface area contributed by atoms with E-state index in [0.717, 1.165) is 0 Å². The Morgan fingerprint density at radius 1 is 0.900 bits per heavy atom. The van der Waals surface area contributed by atoms with E-state index in [1.54, 1.807) is 0 Å². The second-order valence-electron chi connectivity index (χ2n) is 4.02. The van der Waals surface area contributed by atoms with Crippen molar-refractivity contribution in [1.82, 2.24) is 0 Å². The van der Waals surface area contributed by atoms with Gasteiger partial charge in [-0.3, -0.25) is 0 Å². The Kier molecular flexibility index (Phi) is 5.05. The van der Waals surface area contributed by atoms with Crippen LogP contribution in [-0.2, 0) is 0 Å². The largest absolute Gasteiger partial charge is 0.0693 e. The molecule has 0 saturated heterocycles. The molecule has 0 heterocycles. The van der Waals surface area contributed by atoms with Crippen LogP contribution in [0.5, 0.6) is 0 Å². The Balaban J connectivity index is 3.42. The maximum absolute atomic E-state index is 2.52. The molecule has 0 rings (SSSR count). The molecule has 0 aromatic heterocycles. The van der Waals surface area contributed by atoms with Crippen LogP contribution in [0.1, 0.15) is 33.1 Å². The molecule has 0 amide bonds. The van der Waals surface area contributed by atoms with Gasteiger partial charge in [0.05, 0.1) is 0 Å². The third-order valence-electron chi connectivity index (χ3n) is 2.13. The van der Waals surface area contributed by atoms with Gasteiger partial charge in [-0.05, 0) is 0 Å². The van der Waals surface area contributed by atoms with Crippen LogP contribution in [0.3, 0.4) is 0 Å². The summed E-state index contributed by atoms with van der Waals surface area (Å²) in [5, 5.41) is 0. The van der Waals surface area contributed by atoms with Gasteiger partial charge in [0.1, 0.15) is 0 Å². The maximum Gasteiger partial charge on any atom is 0.0473 e. The predicted molar refractivity (Wildman–Crippen MR) is 52.3 cm³/mol. The van der Waals surface area contributed by atoms with Crippen LogP contribution in [0.2, 0.25) is 25.2 Å². The SMILES string of the molecule is CCCC[Si](C)(C)CCC. The van der Waals surface area contributed by atoms with Crippen LogP contribution in [0.15, 0.2) is 0 Å². The molecular formula is C9H22Si. The lowest BCUT2D eigenvalue weighted by atomic mass is 10.4. The average molecular weight is 158 g/mol. The molecule has 0 bridgehead atoms. The smallest absolute Gasteiger partial charge is 0.0473 e. The summed E-state index contributed by atoms with van der Waals surface area (Å²) in [6.45, 7) is 9.63. The summed E-state index contributed by atoms with van der Waals surface area (Å²) in [5.41, 5.74) is 0. The first-order valence-electron chi connectivity index (χ1n) is 4.62. The summed E-state index contributed by atoms with van der Waals surface area (Å²) in [4.78, 5) is 0. The summed E-state index contributed by atoms with van der Waals surface area (Å²) in [6, 6.07) is 3.06. The van der Waals surface area contributed by atoms with E-state index >= 15 is 0 Å². The Hall–Kier alpha value is 0.217. The van der Waals surface area contributed by atoms with Gasteiger partial charge in [0.2, 0.25) is 0 Å². The van der Waals surface area contributed by atoms with Crippen LogP contribution < -0.4 is 0 Å². The fourth-order valence-corrected chi connectivity index (χ4v) is 4.37. The molecule has 62 valence electrons. The summed E-state index contributed by atoms with van der Waals surface area (Å²) < 4.78 is 0. The van der Waals surface area contributed by atoms with E-state index in [9.17, 15) is 0 Å². The molecule has 0 spiro atoms. The number of rotatable bonds is 5. The average Bonchev–Trinajstić information content (AvgIpc) is 1.84. The molecule has 0 unspecified atom stereocenters. The highest BCUT2D eigenvalue weighted by Gasteiger charge is 2.17. The van der Waals surface area contributed by atoms with Gasteiger partial charge >= 0.3 is 0 Å². The van der Waals surface area contributed by atoms with Crippen molar-refractivity contribution in [3.05, 3.63) is 0 Å². The normalized spacial score (nSPS) is 12.0. The predicted octanol–water partition coefficient (Wildman–Crippen LogP) is 3.90. The molecule has 10 heavy (non-hydrogen) atoms. The van der Waals surface area contributed by atoms with Gasteiger partial charge in [0.15, 0.2) is 0 Å². The molecule has 0 fully saturated rings. The minimum atomic E-state index is -0.724. The minimum Gasteiger partial charge on any atom is -0.0693 e. The molecule has 0 N–H and O–H groups in total. The topological polar surface area (TPSA) is 0 Å². The van der Waals surface area contributed by atoms with Gasteiger partial charge in [-0.2, -0.15) is 0 Å². The summed E-state index contributed by atoms with van der Waals surface area (Å²) in [6.07, 6.45) is 4.22. The molecule has 0 nitrogen and oxygen atoms in total. The zero-order valence-corrected chi connectivity index (χ0v) is 9.04. The zero-order chi connectivity index (χ0) is 8.04. The van der Waals surface area contributed by atoms with Gasteiger partial charge in [-0.1, -0.05) is 58.3 Å². The van der Waals surface area contributed by atoms with E-state index in [-0.39, 0.29) is 0 Å². The van der Waals surface area contributed by atoms with Gasteiger partial charge in [0, 0.05) is 8.07 Å². The van der Waals surface area contributed by atoms with E-state index in [4.69, 9.17) is 0 Å². The number of hydrogen-bond donors (Lipinski definition) is 0. The van der Waals surface area contributed by atoms with E-state index in [2.05, 4.69) is 26.9 Å². The molecule has 0 radical (unpaired) electrons. The second kappa shape index (κ2) is 4.95.